The van der Waals surface area contributed by atoms with E-state index in [-0.39, 0.29) is 12.6 Å². The fraction of sp³-hybridized carbons (Fsp3) is 0.438. The smallest absolute Gasteiger partial charge is 0.122 e. The third-order valence-corrected chi connectivity index (χ3v) is 3.65. The van der Waals surface area contributed by atoms with Crippen LogP contribution < -0.4 is 0 Å². The van der Waals surface area contributed by atoms with Crippen molar-refractivity contribution < 1.29 is 5.11 Å². The van der Waals surface area contributed by atoms with E-state index >= 15 is 0 Å². The second-order valence-corrected chi connectivity index (χ2v) is 4.98. The predicted octanol–water partition coefficient (Wildman–Crippen LogP) is 2.46. The van der Waals surface area contributed by atoms with E-state index in [1.54, 1.807) is 0 Å². The number of hydrogen-bond acceptors (Lipinski definition) is 3. The largest absolute Gasteiger partial charge is 0.396 e. The summed E-state index contributed by atoms with van der Waals surface area (Å²) in [6, 6.07) is 10.5. The summed E-state index contributed by atoms with van der Waals surface area (Å²) in [5.41, 5.74) is 1.23. The van der Waals surface area contributed by atoms with Gasteiger partial charge in [-0.2, -0.15) is 0 Å². The van der Waals surface area contributed by atoms with Crippen LogP contribution in [0.4, 0.5) is 0 Å². The quantitative estimate of drug-likeness (QED) is 0.842. The molecule has 0 saturated heterocycles. The van der Waals surface area contributed by atoms with Crippen molar-refractivity contribution in [1.29, 1.82) is 0 Å². The lowest BCUT2D eigenvalue weighted by Crippen LogP contribution is -2.26. The van der Waals surface area contributed by atoms with Crippen LogP contribution in [0.2, 0.25) is 0 Å². The van der Waals surface area contributed by atoms with Crippen LogP contribution in [0, 0.1) is 0 Å². The molecule has 2 aromatic rings. The molecule has 0 aliphatic rings. The molecule has 0 saturated carbocycles. The monoisotopic (exact) mass is 273 g/mol. The van der Waals surface area contributed by atoms with Gasteiger partial charge in [-0.15, -0.1) is 0 Å². The molecule has 0 fully saturated rings. The lowest BCUT2D eigenvalue weighted by Gasteiger charge is -2.28. The van der Waals surface area contributed by atoms with Gasteiger partial charge in [0.1, 0.15) is 5.82 Å². The second kappa shape index (κ2) is 7.22. The van der Waals surface area contributed by atoms with Crippen molar-refractivity contribution in [2.75, 3.05) is 13.7 Å². The Morgan fingerprint density at radius 3 is 2.70 bits per heavy atom. The molecule has 108 valence electrons. The normalized spacial score (nSPS) is 12.8. The average Bonchev–Trinajstić information content (AvgIpc) is 2.92. The Bertz CT molecular complexity index is 509. The first-order valence-electron chi connectivity index (χ1n) is 7.12. The van der Waals surface area contributed by atoms with Gasteiger partial charge in [-0.25, -0.2) is 4.98 Å². The van der Waals surface area contributed by atoms with Crippen LogP contribution in [-0.4, -0.2) is 33.2 Å². The third kappa shape index (κ3) is 3.46. The molecule has 1 aromatic heterocycles. The highest BCUT2D eigenvalue weighted by Crippen LogP contribution is 2.24. The highest BCUT2D eigenvalue weighted by molar-refractivity contribution is 5.19. The number of rotatable bonds is 7. The van der Waals surface area contributed by atoms with Gasteiger partial charge in [0, 0.05) is 31.6 Å². The molecular formula is C16H23N3O. The Morgan fingerprint density at radius 2 is 2.05 bits per heavy atom. The summed E-state index contributed by atoms with van der Waals surface area (Å²) < 4.78 is 2.15. The Labute approximate surface area is 120 Å². The lowest BCUT2D eigenvalue weighted by atomic mass is 10.0. The molecule has 20 heavy (non-hydrogen) atoms. The molecular weight excluding hydrogens is 250 g/mol. The minimum atomic E-state index is 0.187. The van der Waals surface area contributed by atoms with Gasteiger partial charge in [0.15, 0.2) is 0 Å². The molecule has 1 heterocycles. The summed E-state index contributed by atoms with van der Waals surface area (Å²) in [5, 5.41) is 9.33. The zero-order valence-corrected chi connectivity index (χ0v) is 12.2. The zero-order valence-electron chi connectivity index (χ0n) is 12.2. The number of benzene rings is 1. The van der Waals surface area contributed by atoms with E-state index in [1.807, 2.05) is 30.6 Å². The first-order chi connectivity index (χ1) is 9.76. The molecule has 1 N–H and O–H groups in total. The fourth-order valence-electron chi connectivity index (χ4n) is 2.55. The molecule has 0 aliphatic carbocycles. The molecule has 1 atom stereocenters. The number of hydrogen-bond donors (Lipinski definition) is 1. The van der Waals surface area contributed by atoms with Gasteiger partial charge in [0.05, 0.1) is 6.54 Å². The fourth-order valence-corrected chi connectivity index (χ4v) is 2.55. The SMILES string of the molecule is CCn1ccnc1CN(C)C(CCO)c1ccccc1. The minimum Gasteiger partial charge on any atom is -0.396 e. The molecule has 0 amide bonds. The van der Waals surface area contributed by atoms with E-state index in [0.29, 0.717) is 0 Å². The predicted molar refractivity (Wildman–Crippen MR) is 80.3 cm³/mol. The van der Waals surface area contributed by atoms with Crippen LogP contribution in [0.25, 0.3) is 0 Å². The Morgan fingerprint density at radius 1 is 1.30 bits per heavy atom. The van der Waals surface area contributed by atoms with Crippen molar-refractivity contribution in [3.05, 3.63) is 54.1 Å². The van der Waals surface area contributed by atoms with Crippen LogP contribution in [0.5, 0.6) is 0 Å². The van der Waals surface area contributed by atoms with Crippen molar-refractivity contribution in [3.63, 3.8) is 0 Å². The minimum absolute atomic E-state index is 0.187. The van der Waals surface area contributed by atoms with Gasteiger partial charge in [-0.05, 0) is 26.0 Å². The maximum absolute atomic E-state index is 9.33. The summed E-state index contributed by atoms with van der Waals surface area (Å²) in [7, 11) is 2.09. The first-order valence-corrected chi connectivity index (χ1v) is 7.12. The van der Waals surface area contributed by atoms with E-state index < -0.39 is 0 Å². The molecule has 2 rings (SSSR count). The van der Waals surface area contributed by atoms with Gasteiger partial charge >= 0.3 is 0 Å². The van der Waals surface area contributed by atoms with E-state index in [1.165, 1.54) is 5.56 Å². The van der Waals surface area contributed by atoms with E-state index in [9.17, 15) is 5.11 Å². The number of aliphatic hydroxyl groups is 1. The highest BCUT2D eigenvalue weighted by atomic mass is 16.3. The maximum atomic E-state index is 9.33. The summed E-state index contributed by atoms with van der Waals surface area (Å²) >= 11 is 0. The highest BCUT2D eigenvalue weighted by Gasteiger charge is 2.18. The van der Waals surface area contributed by atoms with Gasteiger partial charge in [0.25, 0.3) is 0 Å². The number of nitrogens with zero attached hydrogens (tertiary/aromatic N) is 3. The van der Waals surface area contributed by atoms with Crippen molar-refractivity contribution in [2.24, 2.45) is 0 Å². The van der Waals surface area contributed by atoms with Gasteiger partial charge in [0.2, 0.25) is 0 Å². The molecule has 4 heteroatoms. The summed E-state index contributed by atoms with van der Waals surface area (Å²) in [6.45, 7) is 4.01. The van der Waals surface area contributed by atoms with Crippen LogP contribution in [0.15, 0.2) is 42.7 Å². The first kappa shape index (κ1) is 14.8. The molecule has 1 aromatic carbocycles. The topological polar surface area (TPSA) is 41.3 Å². The van der Waals surface area contributed by atoms with Gasteiger partial charge in [-0.1, -0.05) is 30.3 Å². The van der Waals surface area contributed by atoms with E-state index in [2.05, 4.69) is 40.6 Å². The van der Waals surface area contributed by atoms with Crippen LogP contribution in [0.1, 0.15) is 30.8 Å². The van der Waals surface area contributed by atoms with Crippen LogP contribution in [-0.2, 0) is 13.1 Å². The van der Waals surface area contributed by atoms with Gasteiger partial charge in [-0.3, -0.25) is 4.90 Å². The molecule has 4 nitrogen and oxygen atoms in total. The van der Waals surface area contributed by atoms with Crippen molar-refractivity contribution >= 4 is 0 Å². The van der Waals surface area contributed by atoms with Crippen molar-refractivity contribution in [2.45, 2.75) is 32.5 Å². The summed E-state index contributed by atoms with van der Waals surface area (Å²) in [4.78, 5) is 6.67. The average molecular weight is 273 g/mol. The molecule has 1 unspecified atom stereocenters. The standard InChI is InChI=1S/C16H23N3O/c1-3-19-11-10-17-16(19)13-18(2)15(9-12-20)14-7-5-4-6-8-14/h4-8,10-11,15,20H,3,9,12-13H2,1-2H3. The Balaban J connectivity index is 2.13. The molecule has 0 bridgehead atoms. The second-order valence-electron chi connectivity index (χ2n) is 4.98. The Hall–Kier alpha value is -1.65. The summed E-state index contributed by atoms with van der Waals surface area (Å²) in [6.07, 6.45) is 4.58. The van der Waals surface area contributed by atoms with Crippen LogP contribution in [0.3, 0.4) is 0 Å². The third-order valence-electron chi connectivity index (χ3n) is 3.65. The lowest BCUT2D eigenvalue weighted by molar-refractivity contribution is 0.175. The van der Waals surface area contributed by atoms with Crippen molar-refractivity contribution in [1.82, 2.24) is 14.5 Å². The maximum Gasteiger partial charge on any atom is 0.122 e. The molecule has 0 spiro atoms. The number of imidazole rings is 1. The number of aliphatic hydroxyl groups excluding tert-OH is 1. The summed E-state index contributed by atoms with van der Waals surface area (Å²) in [5.74, 6) is 1.06. The number of aryl methyl sites for hydroxylation is 1. The number of aromatic nitrogens is 2. The van der Waals surface area contributed by atoms with E-state index in [0.717, 1.165) is 25.3 Å². The molecule has 0 radical (unpaired) electrons. The molecule has 0 aliphatic heterocycles. The zero-order chi connectivity index (χ0) is 14.4. The van der Waals surface area contributed by atoms with Crippen LogP contribution >= 0.6 is 0 Å². The van der Waals surface area contributed by atoms with E-state index in [4.69, 9.17) is 0 Å². The van der Waals surface area contributed by atoms with Crippen molar-refractivity contribution in [3.8, 4) is 0 Å². The van der Waals surface area contributed by atoms with Gasteiger partial charge < -0.3 is 9.67 Å². The Kier molecular flexibility index (Phi) is 5.32.